The fourth-order valence-corrected chi connectivity index (χ4v) is 4.66. The van der Waals surface area contributed by atoms with Crippen molar-refractivity contribution in [2.45, 2.75) is 45.6 Å². The van der Waals surface area contributed by atoms with E-state index >= 15 is 0 Å². The number of carbonyl (C=O) groups excluding carboxylic acids is 1. The van der Waals surface area contributed by atoms with Crippen molar-refractivity contribution in [2.75, 3.05) is 26.7 Å². The summed E-state index contributed by atoms with van der Waals surface area (Å²) in [5.74, 6) is 7.73. The van der Waals surface area contributed by atoms with Crippen LogP contribution in [0.25, 0.3) is 0 Å². The third kappa shape index (κ3) is 7.47. The van der Waals surface area contributed by atoms with Crippen molar-refractivity contribution < 1.29 is 9.53 Å². The first kappa shape index (κ1) is 26.5. The fraction of sp³-hybridized carbons (Fsp3) is 0.364. The zero-order valence-electron chi connectivity index (χ0n) is 22.5. The number of amides is 1. The van der Waals surface area contributed by atoms with E-state index in [9.17, 15) is 4.79 Å². The second kappa shape index (κ2) is 12.1. The van der Waals surface area contributed by atoms with Gasteiger partial charge in [0.25, 0.3) is 5.91 Å². The number of hydrogen-bond acceptors (Lipinski definition) is 3. The Balaban J connectivity index is 1.27. The van der Waals surface area contributed by atoms with Gasteiger partial charge in [0.05, 0.1) is 7.11 Å². The van der Waals surface area contributed by atoms with Crippen LogP contribution in [0.5, 0.6) is 5.75 Å². The van der Waals surface area contributed by atoms with E-state index < -0.39 is 0 Å². The molecule has 1 saturated heterocycles. The molecule has 4 heteroatoms. The summed E-state index contributed by atoms with van der Waals surface area (Å²) in [6.45, 7) is 10.1. The summed E-state index contributed by atoms with van der Waals surface area (Å²) in [6.07, 6.45) is 2.20. The Labute approximate surface area is 222 Å². The molecule has 1 heterocycles. The maximum Gasteiger partial charge on any atom is 0.253 e. The molecule has 0 spiro atoms. The molecule has 192 valence electrons. The molecule has 0 bridgehead atoms. The highest BCUT2D eigenvalue weighted by atomic mass is 16.5. The number of piperidine rings is 1. The van der Waals surface area contributed by atoms with Gasteiger partial charge in [0, 0.05) is 36.3 Å². The topological polar surface area (TPSA) is 41.6 Å². The number of hydrogen-bond donors (Lipinski definition) is 1. The number of carbonyl (C=O) groups is 1. The van der Waals surface area contributed by atoms with Gasteiger partial charge in [-0.25, -0.2) is 0 Å². The van der Waals surface area contributed by atoms with Crippen LogP contribution in [-0.2, 0) is 12.0 Å². The van der Waals surface area contributed by atoms with Crippen LogP contribution in [0.2, 0.25) is 0 Å². The maximum absolute atomic E-state index is 13.2. The lowest BCUT2D eigenvalue weighted by molar-refractivity contribution is 0.0673. The molecule has 3 aromatic rings. The van der Waals surface area contributed by atoms with Crippen LogP contribution < -0.4 is 10.1 Å². The Morgan fingerprint density at radius 3 is 2.16 bits per heavy atom. The van der Waals surface area contributed by atoms with Crippen LogP contribution in [0.15, 0.2) is 72.8 Å². The van der Waals surface area contributed by atoms with Gasteiger partial charge in [0.2, 0.25) is 0 Å². The summed E-state index contributed by atoms with van der Waals surface area (Å²) in [5, 5.41) is 3.61. The number of rotatable bonds is 6. The van der Waals surface area contributed by atoms with Crippen LogP contribution >= 0.6 is 0 Å². The largest absolute Gasteiger partial charge is 0.497 e. The van der Waals surface area contributed by atoms with Gasteiger partial charge >= 0.3 is 0 Å². The minimum Gasteiger partial charge on any atom is -0.497 e. The second-order valence-corrected chi connectivity index (χ2v) is 10.9. The van der Waals surface area contributed by atoms with E-state index in [2.05, 4.69) is 62.2 Å². The fourth-order valence-electron chi connectivity index (χ4n) is 4.66. The van der Waals surface area contributed by atoms with Crippen LogP contribution in [-0.4, -0.2) is 37.6 Å². The first-order valence-corrected chi connectivity index (χ1v) is 13.2. The van der Waals surface area contributed by atoms with Crippen molar-refractivity contribution in [1.29, 1.82) is 0 Å². The minimum absolute atomic E-state index is 0.108. The smallest absolute Gasteiger partial charge is 0.253 e. The van der Waals surface area contributed by atoms with Gasteiger partial charge in [-0.2, -0.15) is 0 Å². The highest BCUT2D eigenvalue weighted by molar-refractivity contribution is 5.94. The molecular weight excluding hydrogens is 456 g/mol. The van der Waals surface area contributed by atoms with Crippen molar-refractivity contribution in [3.05, 3.63) is 101 Å². The summed E-state index contributed by atoms with van der Waals surface area (Å²) in [4.78, 5) is 15.2. The molecule has 37 heavy (non-hydrogen) atoms. The molecule has 0 aliphatic carbocycles. The van der Waals surface area contributed by atoms with E-state index in [4.69, 9.17) is 4.74 Å². The Morgan fingerprint density at radius 1 is 0.946 bits per heavy atom. The summed E-state index contributed by atoms with van der Waals surface area (Å²) in [6, 6.07) is 24.2. The molecule has 0 saturated carbocycles. The van der Waals surface area contributed by atoms with E-state index in [1.807, 2.05) is 53.4 Å². The Bertz CT molecular complexity index is 1230. The van der Waals surface area contributed by atoms with Gasteiger partial charge in [-0.15, -0.1) is 0 Å². The molecule has 1 aliphatic rings. The molecule has 4 rings (SSSR count). The standard InChI is InChI=1S/C33H38N2O2/c1-33(2,3)30-17-11-27(12-18-30)22-34-23-28-6-5-21-35(24-28)32(36)29-15-9-25(10-16-29)7-8-26-13-19-31(37-4)20-14-26/h9-20,28,34H,5-6,21-24H2,1-4H3. The second-order valence-electron chi connectivity index (χ2n) is 10.9. The highest BCUT2D eigenvalue weighted by Crippen LogP contribution is 2.22. The number of likely N-dealkylation sites (tertiary alicyclic amines) is 1. The van der Waals surface area contributed by atoms with Crippen molar-refractivity contribution in [3.63, 3.8) is 0 Å². The van der Waals surface area contributed by atoms with E-state index in [-0.39, 0.29) is 11.3 Å². The molecule has 3 aromatic carbocycles. The summed E-state index contributed by atoms with van der Waals surface area (Å²) < 4.78 is 5.19. The first-order valence-electron chi connectivity index (χ1n) is 13.2. The molecule has 0 aromatic heterocycles. The molecule has 0 radical (unpaired) electrons. The van der Waals surface area contributed by atoms with E-state index in [1.54, 1.807) is 7.11 Å². The van der Waals surface area contributed by atoms with Crippen molar-refractivity contribution in [1.82, 2.24) is 10.2 Å². The summed E-state index contributed by atoms with van der Waals surface area (Å²) in [7, 11) is 1.65. The third-order valence-electron chi connectivity index (χ3n) is 6.96. The van der Waals surface area contributed by atoms with E-state index in [0.717, 1.165) is 61.5 Å². The monoisotopic (exact) mass is 494 g/mol. The molecule has 1 fully saturated rings. The van der Waals surface area contributed by atoms with Gasteiger partial charge in [-0.3, -0.25) is 4.79 Å². The Kier molecular flexibility index (Phi) is 8.69. The number of benzene rings is 3. The predicted octanol–water partition coefficient (Wildman–Crippen LogP) is 6.03. The zero-order chi connectivity index (χ0) is 26.3. The quantitative estimate of drug-likeness (QED) is 0.425. The van der Waals surface area contributed by atoms with Crippen molar-refractivity contribution >= 4 is 5.91 Å². The molecular formula is C33H38N2O2. The van der Waals surface area contributed by atoms with Gasteiger partial charge in [0.1, 0.15) is 5.75 Å². The lowest BCUT2D eigenvalue weighted by Gasteiger charge is -2.33. The lowest BCUT2D eigenvalue weighted by atomic mass is 9.87. The minimum atomic E-state index is 0.108. The van der Waals surface area contributed by atoms with Gasteiger partial charge < -0.3 is 15.0 Å². The Morgan fingerprint density at radius 2 is 1.57 bits per heavy atom. The first-order chi connectivity index (χ1) is 17.8. The average Bonchev–Trinajstić information content (AvgIpc) is 2.92. The van der Waals surface area contributed by atoms with Crippen LogP contribution in [0.4, 0.5) is 0 Å². The van der Waals surface area contributed by atoms with Crippen molar-refractivity contribution in [3.8, 4) is 17.6 Å². The normalized spacial score (nSPS) is 15.6. The van der Waals surface area contributed by atoms with Crippen LogP contribution in [0.3, 0.4) is 0 Å². The van der Waals surface area contributed by atoms with Gasteiger partial charge in [-0.05, 0) is 90.4 Å². The predicted molar refractivity (Wildman–Crippen MR) is 151 cm³/mol. The Hall–Kier alpha value is -3.55. The molecule has 1 unspecified atom stereocenters. The number of methoxy groups -OCH3 is 1. The highest BCUT2D eigenvalue weighted by Gasteiger charge is 2.24. The third-order valence-corrected chi connectivity index (χ3v) is 6.96. The molecule has 1 atom stereocenters. The van der Waals surface area contributed by atoms with Crippen LogP contribution in [0.1, 0.15) is 66.2 Å². The SMILES string of the molecule is COc1ccc(C#Cc2ccc(C(=O)N3CCCC(CNCc4ccc(C(C)(C)C)cc4)C3)cc2)cc1. The number of ether oxygens (including phenoxy) is 1. The lowest BCUT2D eigenvalue weighted by Crippen LogP contribution is -2.42. The summed E-state index contributed by atoms with van der Waals surface area (Å²) in [5.41, 5.74) is 5.37. The van der Waals surface area contributed by atoms with Crippen LogP contribution in [0, 0.1) is 17.8 Å². The molecule has 4 nitrogen and oxygen atoms in total. The zero-order valence-corrected chi connectivity index (χ0v) is 22.5. The average molecular weight is 495 g/mol. The number of nitrogens with zero attached hydrogens (tertiary/aromatic N) is 1. The molecule has 1 aliphatic heterocycles. The van der Waals surface area contributed by atoms with Gasteiger partial charge in [-0.1, -0.05) is 56.9 Å². The number of nitrogens with one attached hydrogen (secondary N) is 1. The van der Waals surface area contributed by atoms with Crippen molar-refractivity contribution in [2.24, 2.45) is 5.92 Å². The van der Waals surface area contributed by atoms with E-state index in [0.29, 0.717) is 5.92 Å². The maximum atomic E-state index is 13.2. The molecule has 1 amide bonds. The molecule has 1 N–H and O–H groups in total. The summed E-state index contributed by atoms with van der Waals surface area (Å²) >= 11 is 0. The van der Waals surface area contributed by atoms with Gasteiger partial charge in [0.15, 0.2) is 0 Å². The van der Waals surface area contributed by atoms with E-state index in [1.165, 1.54) is 11.1 Å².